The van der Waals surface area contributed by atoms with Crippen molar-refractivity contribution in [1.82, 2.24) is 14.5 Å². The van der Waals surface area contributed by atoms with E-state index < -0.39 is 5.97 Å². The molecule has 0 aliphatic carbocycles. The maximum Gasteiger partial charge on any atom is 0.357 e. The van der Waals surface area contributed by atoms with E-state index in [1.54, 1.807) is 4.90 Å². The second kappa shape index (κ2) is 7.92. The minimum absolute atomic E-state index is 0.0101. The van der Waals surface area contributed by atoms with Gasteiger partial charge >= 0.3 is 5.97 Å². The highest BCUT2D eigenvalue weighted by atomic mass is 19.1. The van der Waals surface area contributed by atoms with E-state index in [4.69, 9.17) is 4.74 Å². The molecule has 0 N–H and O–H groups in total. The number of carbonyl (C=O) groups is 2. The highest BCUT2D eigenvalue weighted by Gasteiger charge is 2.22. The molecule has 1 aromatic carbocycles. The van der Waals surface area contributed by atoms with Gasteiger partial charge in [0.1, 0.15) is 5.82 Å². The van der Waals surface area contributed by atoms with Crippen LogP contribution >= 0.6 is 0 Å². The molecule has 0 spiro atoms. The van der Waals surface area contributed by atoms with Gasteiger partial charge in [0.15, 0.2) is 12.3 Å². The number of aromatic nitrogens is 2. The number of ether oxygens (including phenoxy) is 1. The molecule has 0 bridgehead atoms. The molecule has 7 heteroatoms. The number of hydrogen-bond donors (Lipinski definition) is 0. The minimum atomic E-state index is -0.664. The molecule has 0 aliphatic rings. The summed E-state index contributed by atoms with van der Waals surface area (Å²) in [5.74, 6) is -1.30. The molecule has 134 valence electrons. The summed E-state index contributed by atoms with van der Waals surface area (Å²) in [6, 6.07) is 5.65. The number of nitrogens with zero attached hydrogens (tertiary/aromatic N) is 3. The second-order valence-electron chi connectivity index (χ2n) is 6.19. The van der Waals surface area contributed by atoms with Gasteiger partial charge in [0.25, 0.3) is 5.91 Å². The van der Waals surface area contributed by atoms with E-state index in [0.29, 0.717) is 5.69 Å². The van der Waals surface area contributed by atoms with Gasteiger partial charge in [-0.2, -0.15) is 0 Å². The predicted octanol–water partition coefficient (Wildman–Crippen LogP) is 2.81. The number of imidazole rings is 1. The first-order chi connectivity index (χ1) is 11.8. The fraction of sp³-hybridized carbons (Fsp3) is 0.389. The van der Waals surface area contributed by atoms with Gasteiger partial charge < -0.3 is 9.64 Å². The topological polar surface area (TPSA) is 64.4 Å². The number of amides is 1. The Morgan fingerprint density at radius 2 is 1.76 bits per heavy atom. The van der Waals surface area contributed by atoms with Crippen molar-refractivity contribution in [2.45, 2.75) is 39.8 Å². The van der Waals surface area contributed by atoms with Crippen LogP contribution < -0.4 is 0 Å². The summed E-state index contributed by atoms with van der Waals surface area (Å²) in [7, 11) is 0. The third-order valence-corrected chi connectivity index (χ3v) is 3.68. The largest absolute Gasteiger partial charge is 0.451 e. The first-order valence-electron chi connectivity index (χ1n) is 8.07. The average molecular weight is 347 g/mol. The van der Waals surface area contributed by atoms with Gasteiger partial charge in [-0.25, -0.2) is 14.2 Å². The first kappa shape index (κ1) is 18.6. The standard InChI is InChI=1S/C18H22FN3O3/c1-12(2)22(13(3)4)17(23)10-25-18(24)16-9-20-11-21(16)15-7-5-14(19)6-8-15/h5-9,11-13H,10H2,1-4H3. The van der Waals surface area contributed by atoms with E-state index in [2.05, 4.69) is 4.98 Å². The molecule has 2 aromatic rings. The molecule has 0 radical (unpaired) electrons. The van der Waals surface area contributed by atoms with Gasteiger partial charge in [-0.1, -0.05) is 0 Å². The Hall–Kier alpha value is -2.70. The Labute approximate surface area is 146 Å². The number of halogens is 1. The molecular formula is C18H22FN3O3. The fourth-order valence-electron chi connectivity index (χ4n) is 2.70. The van der Waals surface area contributed by atoms with Crippen LogP contribution in [0.25, 0.3) is 5.69 Å². The quantitative estimate of drug-likeness (QED) is 0.754. The van der Waals surface area contributed by atoms with Crippen molar-refractivity contribution in [2.75, 3.05) is 6.61 Å². The highest BCUT2D eigenvalue weighted by molar-refractivity contribution is 5.90. The van der Waals surface area contributed by atoms with Crippen molar-refractivity contribution in [3.63, 3.8) is 0 Å². The molecule has 25 heavy (non-hydrogen) atoms. The zero-order valence-corrected chi connectivity index (χ0v) is 14.8. The molecule has 1 aromatic heterocycles. The zero-order valence-electron chi connectivity index (χ0n) is 14.8. The van der Waals surface area contributed by atoms with Crippen LogP contribution in [0, 0.1) is 5.82 Å². The number of hydrogen-bond acceptors (Lipinski definition) is 4. The van der Waals surface area contributed by atoms with Crippen LogP contribution in [-0.2, 0) is 9.53 Å². The van der Waals surface area contributed by atoms with Crippen molar-refractivity contribution in [1.29, 1.82) is 0 Å². The summed E-state index contributed by atoms with van der Waals surface area (Å²) < 4.78 is 19.7. The van der Waals surface area contributed by atoms with E-state index in [9.17, 15) is 14.0 Å². The van der Waals surface area contributed by atoms with E-state index in [0.717, 1.165) is 0 Å². The molecule has 0 fully saturated rings. The van der Waals surface area contributed by atoms with Gasteiger partial charge in [-0.05, 0) is 52.0 Å². The van der Waals surface area contributed by atoms with Crippen LogP contribution in [0.5, 0.6) is 0 Å². The van der Waals surface area contributed by atoms with Crippen LogP contribution in [0.3, 0.4) is 0 Å². The summed E-state index contributed by atoms with van der Waals surface area (Å²) >= 11 is 0. The lowest BCUT2D eigenvalue weighted by Crippen LogP contribution is -2.44. The average Bonchev–Trinajstić information content (AvgIpc) is 3.02. The van der Waals surface area contributed by atoms with Crippen LogP contribution in [-0.4, -0.2) is 45.0 Å². The number of benzene rings is 1. The van der Waals surface area contributed by atoms with Crippen molar-refractivity contribution >= 4 is 11.9 Å². The molecule has 0 atom stereocenters. The summed E-state index contributed by atoms with van der Waals surface area (Å²) in [5, 5.41) is 0. The van der Waals surface area contributed by atoms with Crippen LogP contribution in [0.1, 0.15) is 38.2 Å². The van der Waals surface area contributed by atoms with Gasteiger partial charge in [0, 0.05) is 17.8 Å². The Kier molecular flexibility index (Phi) is 5.90. The lowest BCUT2D eigenvalue weighted by atomic mass is 10.2. The fourth-order valence-corrected chi connectivity index (χ4v) is 2.70. The maximum absolute atomic E-state index is 13.0. The van der Waals surface area contributed by atoms with Crippen LogP contribution in [0.15, 0.2) is 36.8 Å². The normalized spacial score (nSPS) is 11.0. The third-order valence-electron chi connectivity index (χ3n) is 3.68. The number of esters is 1. The van der Waals surface area contributed by atoms with Crippen molar-refractivity contribution in [3.8, 4) is 5.69 Å². The van der Waals surface area contributed by atoms with Gasteiger partial charge in [-0.3, -0.25) is 9.36 Å². The summed E-state index contributed by atoms with van der Waals surface area (Å²) in [5.41, 5.74) is 0.739. The molecule has 0 aliphatic heterocycles. The lowest BCUT2D eigenvalue weighted by molar-refractivity contribution is -0.138. The monoisotopic (exact) mass is 347 g/mol. The summed E-state index contributed by atoms with van der Waals surface area (Å²) in [6.07, 6.45) is 2.78. The SMILES string of the molecule is CC(C)N(C(=O)COC(=O)c1cncn1-c1ccc(F)cc1)C(C)C. The Bertz CT molecular complexity index is 730. The second-order valence-corrected chi connectivity index (χ2v) is 6.19. The first-order valence-corrected chi connectivity index (χ1v) is 8.07. The smallest absolute Gasteiger partial charge is 0.357 e. The molecular weight excluding hydrogens is 325 g/mol. The number of carbonyl (C=O) groups excluding carboxylic acids is 2. The Morgan fingerprint density at radius 1 is 1.16 bits per heavy atom. The molecule has 1 amide bonds. The summed E-state index contributed by atoms with van der Waals surface area (Å²) in [6.45, 7) is 7.28. The van der Waals surface area contributed by atoms with Crippen LogP contribution in [0.2, 0.25) is 0 Å². The van der Waals surface area contributed by atoms with Gasteiger partial charge in [-0.15, -0.1) is 0 Å². The van der Waals surface area contributed by atoms with Crippen molar-refractivity contribution < 1.29 is 18.7 Å². The molecule has 0 saturated heterocycles. The third kappa shape index (κ3) is 4.43. The highest BCUT2D eigenvalue weighted by Crippen LogP contribution is 2.13. The van der Waals surface area contributed by atoms with Crippen LogP contribution in [0.4, 0.5) is 4.39 Å². The van der Waals surface area contributed by atoms with E-state index in [1.165, 1.54) is 41.4 Å². The predicted molar refractivity (Wildman–Crippen MR) is 90.9 cm³/mol. The molecule has 2 rings (SSSR count). The van der Waals surface area contributed by atoms with Crippen molar-refractivity contribution in [3.05, 3.63) is 48.3 Å². The van der Waals surface area contributed by atoms with Gasteiger partial charge in [0.2, 0.25) is 0 Å². The molecule has 0 unspecified atom stereocenters. The minimum Gasteiger partial charge on any atom is -0.451 e. The van der Waals surface area contributed by atoms with E-state index in [-0.39, 0.29) is 36.1 Å². The number of rotatable bonds is 6. The molecule has 6 nitrogen and oxygen atoms in total. The maximum atomic E-state index is 13.0. The van der Waals surface area contributed by atoms with Crippen molar-refractivity contribution in [2.24, 2.45) is 0 Å². The summed E-state index contributed by atoms with van der Waals surface area (Å²) in [4.78, 5) is 30.2. The zero-order chi connectivity index (χ0) is 18.6. The molecule has 0 saturated carbocycles. The Balaban J connectivity index is 2.09. The van der Waals surface area contributed by atoms with Gasteiger partial charge in [0.05, 0.1) is 12.5 Å². The van der Waals surface area contributed by atoms with E-state index >= 15 is 0 Å². The Morgan fingerprint density at radius 3 is 2.32 bits per heavy atom. The van der Waals surface area contributed by atoms with E-state index in [1.807, 2.05) is 27.7 Å². The molecule has 1 heterocycles. The lowest BCUT2D eigenvalue weighted by Gasteiger charge is -2.30.